The molecule has 1 aromatic rings. The van der Waals surface area contributed by atoms with Crippen LogP contribution in [0.2, 0.25) is 0 Å². The molecule has 2 saturated heterocycles. The number of aliphatic hydroxyl groups is 4. The molecule has 3 fully saturated rings. The smallest absolute Gasteiger partial charge is 0.249 e. The van der Waals surface area contributed by atoms with E-state index in [0.29, 0.717) is 12.3 Å². The van der Waals surface area contributed by atoms with E-state index < -0.39 is 60.3 Å². The molecule has 11 heteroatoms. The zero-order valence-electron chi connectivity index (χ0n) is 18.8. The third-order valence-electron chi connectivity index (χ3n) is 6.86. The minimum atomic E-state index is -2.23. The monoisotopic (exact) mass is 457 g/mol. The number of furan rings is 1. The summed E-state index contributed by atoms with van der Waals surface area (Å²) in [6.45, 7) is 3.93. The van der Waals surface area contributed by atoms with Crippen LogP contribution in [-0.2, 0) is 20.8 Å². The van der Waals surface area contributed by atoms with E-state index in [4.69, 9.17) is 18.6 Å². The molecule has 0 aromatic carbocycles. The summed E-state index contributed by atoms with van der Waals surface area (Å²) in [5, 5.41) is 53.7. The summed E-state index contributed by atoms with van der Waals surface area (Å²) < 4.78 is 23.4. The van der Waals surface area contributed by atoms with Crippen LogP contribution in [0.4, 0.5) is 0 Å². The topological polar surface area (TPSA) is 158 Å². The number of aryl methyl sites for hydroxylation is 1. The van der Waals surface area contributed by atoms with Crippen LogP contribution in [0, 0.1) is 6.92 Å². The van der Waals surface area contributed by atoms with Gasteiger partial charge in [0.05, 0.1) is 30.8 Å². The minimum Gasteiger partial charge on any atom is -0.465 e. The first kappa shape index (κ1) is 24.0. The number of rotatable bonds is 6. The molecule has 1 saturated carbocycles. The van der Waals surface area contributed by atoms with Gasteiger partial charge in [0.15, 0.2) is 0 Å². The van der Waals surface area contributed by atoms with E-state index in [1.54, 1.807) is 21.0 Å². The molecular weight excluding hydrogens is 422 g/mol. The van der Waals surface area contributed by atoms with Gasteiger partial charge in [-0.2, -0.15) is 0 Å². The quantitative estimate of drug-likeness (QED) is 0.252. The molecular formula is C21H35N3O8. The van der Waals surface area contributed by atoms with Crippen LogP contribution in [-0.4, -0.2) is 101 Å². The lowest BCUT2D eigenvalue weighted by Gasteiger charge is -2.60. The molecule has 3 aliphatic rings. The van der Waals surface area contributed by atoms with Crippen molar-refractivity contribution >= 4 is 0 Å². The Bertz CT molecular complexity index is 795. The maximum atomic E-state index is 11.6. The molecule has 182 valence electrons. The Kier molecular flexibility index (Phi) is 6.69. The van der Waals surface area contributed by atoms with E-state index in [2.05, 4.69) is 16.0 Å². The molecule has 1 aromatic heterocycles. The summed E-state index contributed by atoms with van der Waals surface area (Å²) in [6.07, 6.45) is -5.67. The highest BCUT2D eigenvalue weighted by molar-refractivity contribution is 5.13. The predicted molar refractivity (Wildman–Crippen MR) is 111 cm³/mol. The largest absolute Gasteiger partial charge is 0.465 e. The van der Waals surface area contributed by atoms with Crippen molar-refractivity contribution in [1.82, 2.24) is 16.0 Å². The molecule has 7 N–H and O–H groups in total. The number of likely N-dealkylation sites (N-methyl/N-ethyl adjacent to an activating group) is 2. The molecule has 2 aliphatic heterocycles. The Labute approximate surface area is 187 Å². The molecule has 10 unspecified atom stereocenters. The van der Waals surface area contributed by atoms with Crippen molar-refractivity contribution < 1.29 is 39.1 Å². The van der Waals surface area contributed by atoms with Gasteiger partial charge < -0.3 is 55.0 Å². The third-order valence-corrected chi connectivity index (χ3v) is 6.86. The molecule has 3 heterocycles. The highest BCUT2D eigenvalue weighted by Crippen LogP contribution is 2.46. The molecule has 0 bridgehead atoms. The molecule has 32 heavy (non-hydrogen) atoms. The number of ether oxygens (including phenoxy) is 3. The van der Waals surface area contributed by atoms with Crippen molar-refractivity contribution in [2.45, 2.75) is 87.1 Å². The summed E-state index contributed by atoms with van der Waals surface area (Å²) in [5.74, 6) is -0.753. The Morgan fingerprint density at radius 1 is 1.03 bits per heavy atom. The molecule has 0 radical (unpaired) electrons. The van der Waals surface area contributed by atoms with Crippen LogP contribution in [0.3, 0.4) is 0 Å². The second kappa shape index (κ2) is 8.91. The van der Waals surface area contributed by atoms with Crippen LogP contribution in [0.5, 0.6) is 0 Å². The molecule has 10 atom stereocenters. The normalized spacial score (nSPS) is 46.5. The van der Waals surface area contributed by atoms with Crippen LogP contribution < -0.4 is 16.0 Å². The lowest BCUT2D eigenvalue weighted by Crippen LogP contribution is -2.81. The first-order valence-corrected chi connectivity index (χ1v) is 11.0. The van der Waals surface area contributed by atoms with E-state index in [1.807, 2.05) is 19.1 Å². The van der Waals surface area contributed by atoms with E-state index >= 15 is 0 Å². The second-order valence-electron chi connectivity index (χ2n) is 9.12. The first-order valence-electron chi connectivity index (χ1n) is 11.0. The molecule has 11 nitrogen and oxygen atoms in total. The van der Waals surface area contributed by atoms with Crippen molar-refractivity contribution in [3.63, 3.8) is 0 Å². The summed E-state index contributed by atoms with van der Waals surface area (Å²) in [7, 11) is 3.28. The number of aliphatic hydroxyl groups excluding tert-OH is 2. The van der Waals surface area contributed by atoms with E-state index in [0.717, 1.165) is 5.76 Å². The summed E-state index contributed by atoms with van der Waals surface area (Å²) in [5.41, 5.74) is -1.77. The van der Waals surface area contributed by atoms with E-state index in [1.165, 1.54) is 0 Å². The summed E-state index contributed by atoms with van der Waals surface area (Å²) >= 11 is 0. The minimum absolute atomic E-state index is 0.0251. The molecule has 0 amide bonds. The van der Waals surface area contributed by atoms with Crippen molar-refractivity contribution in [1.29, 1.82) is 0 Å². The SMILES string of the molecule is CNC1C(O)C(NC)C2OC3(O)C(OC(C)CC3(O)CNCc3ccc(C)o3)OC2C1O. The Hall–Kier alpha value is -1.12. The van der Waals surface area contributed by atoms with Crippen molar-refractivity contribution in [2.24, 2.45) is 0 Å². The number of hydrogen-bond acceptors (Lipinski definition) is 11. The van der Waals surface area contributed by atoms with Gasteiger partial charge in [-0.15, -0.1) is 0 Å². The number of hydrogen-bond donors (Lipinski definition) is 7. The summed E-state index contributed by atoms with van der Waals surface area (Å²) in [6, 6.07) is 2.33. The Morgan fingerprint density at radius 2 is 1.75 bits per heavy atom. The zero-order chi connectivity index (χ0) is 23.3. The molecule has 4 rings (SSSR count). The van der Waals surface area contributed by atoms with Gasteiger partial charge in [-0.3, -0.25) is 0 Å². The van der Waals surface area contributed by atoms with Crippen molar-refractivity contribution in [3.8, 4) is 0 Å². The maximum absolute atomic E-state index is 11.6. The van der Waals surface area contributed by atoms with Crippen LogP contribution in [0.15, 0.2) is 16.5 Å². The van der Waals surface area contributed by atoms with Crippen LogP contribution in [0.25, 0.3) is 0 Å². The van der Waals surface area contributed by atoms with Gasteiger partial charge >= 0.3 is 0 Å². The Morgan fingerprint density at radius 3 is 2.38 bits per heavy atom. The average Bonchev–Trinajstić information content (AvgIpc) is 3.14. The lowest BCUT2D eigenvalue weighted by molar-refractivity contribution is -0.482. The standard InChI is InChI=1S/C21H35N3O8/c1-10-5-6-12(29-10)8-24-9-20(27)7-11(2)30-19-21(20,28)32-17-14(23-4)15(25)13(22-3)16(26)18(17)31-19/h5-6,11,13-19,22-28H,7-9H2,1-4H3. The third kappa shape index (κ3) is 3.90. The highest BCUT2D eigenvalue weighted by atomic mass is 16.8. The lowest BCUT2D eigenvalue weighted by atomic mass is 9.77. The maximum Gasteiger partial charge on any atom is 0.249 e. The fraction of sp³-hybridized carbons (Fsp3) is 0.810. The van der Waals surface area contributed by atoms with Gasteiger partial charge in [0, 0.05) is 13.0 Å². The van der Waals surface area contributed by atoms with Gasteiger partial charge in [0.2, 0.25) is 12.1 Å². The van der Waals surface area contributed by atoms with Gasteiger partial charge in [0.25, 0.3) is 0 Å². The molecule has 0 spiro atoms. The van der Waals surface area contributed by atoms with Crippen molar-refractivity contribution in [3.05, 3.63) is 23.7 Å². The van der Waals surface area contributed by atoms with E-state index in [9.17, 15) is 20.4 Å². The average molecular weight is 458 g/mol. The number of nitrogens with one attached hydrogen (secondary N) is 3. The number of fused-ring (bicyclic) bond motifs is 2. The highest BCUT2D eigenvalue weighted by Gasteiger charge is 2.68. The first-order chi connectivity index (χ1) is 15.1. The van der Waals surface area contributed by atoms with Crippen LogP contribution >= 0.6 is 0 Å². The second-order valence-corrected chi connectivity index (χ2v) is 9.12. The van der Waals surface area contributed by atoms with Gasteiger partial charge in [-0.1, -0.05) is 0 Å². The summed E-state index contributed by atoms with van der Waals surface area (Å²) in [4.78, 5) is 0. The van der Waals surface area contributed by atoms with Gasteiger partial charge in [0.1, 0.15) is 35.4 Å². The van der Waals surface area contributed by atoms with Crippen molar-refractivity contribution in [2.75, 3.05) is 20.6 Å². The fourth-order valence-electron chi connectivity index (χ4n) is 5.20. The predicted octanol–water partition coefficient (Wildman–Crippen LogP) is -2.07. The van der Waals surface area contributed by atoms with E-state index in [-0.39, 0.29) is 13.0 Å². The fourth-order valence-corrected chi connectivity index (χ4v) is 5.20. The zero-order valence-corrected chi connectivity index (χ0v) is 18.8. The van der Waals surface area contributed by atoms with Gasteiger partial charge in [-0.25, -0.2) is 0 Å². The van der Waals surface area contributed by atoms with Crippen LogP contribution in [0.1, 0.15) is 24.9 Å². The van der Waals surface area contributed by atoms with Gasteiger partial charge in [-0.05, 0) is 40.1 Å². The Balaban J connectivity index is 1.57. The molecule has 1 aliphatic carbocycles.